The summed E-state index contributed by atoms with van der Waals surface area (Å²) in [6.07, 6.45) is 13.6. The molecular formula is C24H33N5O3. The molecule has 1 aliphatic heterocycles. The lowest BCUT2D eigenvalue weighted by atomic mass is 9.94. The number of carbonyl (C=O) groups excluding carboxylic acids is 2. The first-order valence-corrected chi connectivity index (χ1v) is 11.6. The Labute approximate surface area is 189 Å². The van der Waals surface area contributed by atoms with E-state index in [1.54, 1.807) is 28.2 Å². The van der Waals surface area contributed by atoms with Crippen molar-refractivity contribution >= 4 is 11.8 Å². The Hall–Kier alpha value is -2.74. The van der Waals surface area contributed by atoms with Crippen molar-refractivity contribution in [3.8, 4) is 0 Å². The van der Waals surface area contributed by atoms with Crippen LogP contribution in [-0.2, 0) is 34.4 Å². The normalized spacial score (nSPS) is 20.4. The van der Waals surface area contributed by atoms with Crippen LogP contribution in [0.25, 0.3) is 0 Å². The van der Waals surface area contributed by atoms with Crippen LogP contribution in [0.1, 0.15) is 49.7 Å². The minimum Gasteiger partial charge on any atom is -0.370 e. The molecule has 3 heterocycles. The summed E-state index contributed by atoms with van der Waals surface area (Å²) in [4.78, 5) is 34.0. The van der Waals surface area contributed by atoms with Crippen LogP contribution in [0.5, 0.6) is 0 Å². The fourth-order valence-electron chi connectivity index (χ4n) is 4.69. The molecule has 0 aromatic carbocycles. The maximum atomic E-state index is 13.2. The van der Waals surface area contributed by atoms with Gasteiger partial charge in [-0.2, -0.15) is 5.10 Å². The fraction of sp³-hybridized carbons (Fsp3) is 0.583. The van der Waals surface area contributed by atoms with Crippen molar-refractivity contribution in [1.29, 1.82) is 0 Å². The molecule has 1 saturated heterocycles. The van der Waals surface area contributed by atoms with Crippen molar-refractivity contribution in [2.45, 2.75) is 63.7 Å². The maximum Gasteiger partial charge on any atom is 0.242 e. The van der Waals surface area contributed by atoms with E-state index in [0.717, 1.165) is 36.8 Å². The van der Waals surface area contributed by atoms with E-state index in [-0.39, 0.29) is 30.5 Å². The van der Waals surface area contributed by atoms with Crippen molar-refractivity contribution in [2.75, 3.05) is 19.6 Å². The highest BCUT2D eigenvalue weighted by molar-refractivity contribution is 5.85. The second-order valence-electron chi connectivity index (χ2n) is 8.93. The molecule has 0 spiro atoms. The van der Waals surface area contributed by atoms with E-state index in [1.165, 1.54) is 6.42 Å². The Bertz CT molecular complexity index is 894. The third kappa shape index (κ3) is 5.94. The number of nitrogens with zero attached hydrogens (tertiary/aromatic N) is 5. The van der Waals surface area contributed by atoms with E-state index in [2.05, 4.69) is 10.1 Å². The lowest BCUT2D eigenvalue weighted by Gasteiger charge is -2.34. The van der Waals surface area contributed by atoms with Crippen molar-refractivity contribution in [2.24, 2.45) is 7.05 Å². The van der Waals surface area contributed by atoms with Crippen LogP contribution >= 0.6 is 0 Å². The Kier molecular flexibility index (Phi) is 7.52. The molecule has 0 N–H and O–H groups in total. The molecule has 8 nitrogen and oxygen atoms in total. The van der Waals surface area contributed by atoms with Crippen molar-refractivity contribution in [1.82, 2.24) is 24.6 Å². The molecule has 4 rings (SSSR count). The summed E-state index contributed by atoms with van der Waals surface area (Å²) in [5.74, 6) is 0.0294. The second-order valence-corrected chi connectivity index (χ2v) is 8.93. The van der Waals surface area contributed by atoms with Gasteiger partial charge in [-0.25, -0.2) is 0 Å². The predicted octanol–water partition coefficient (Wildman–Crippen LogP) is 2.34. The van der Waals surface area contributed by atoms with Gasteiger partial charge in [0.05, 0.1) is 25.5 Å². The Morgan fingerprint density at radius 2 is 2.00 bits per heavy atom. The average molecular weight is 440 g/mol. The maximum absolute atomic E-state index is 13.2. The molecule has 8 heteroatoms. The van der Waals surface area contributed by atoms with Gasteiger partial charge in [0.15, 0.2) is 0 Å². The molecule has 1 aliphatic carbocycles. The van der Waals surface area contributed by atoms with Gasteiger partial charge in [0.2, 0.25) is 11.8 Å². The molecule has 1 saturated carbocycles. The molecule has 0 unspecified atom stereocenters. The fourth-order valence-corrected chi connectivity index (χ4v) is 4.69. The highest BCUT2D eigenvalue weighted by atomic mass is 16.5. The minimum atomic E-state index is -0.217. The second kappa shape index (κ2) is 10.7. The number of ether oxygens (including phenoxy) is 1. The van der Waals surface area contributed by atoms with Gasteiger partial charge in [0, 0.05) is 51.2 Å². The van der Waals surface area contributed by atoms with Gasteiger partial charge in [-0.15, -0.1) is 0 Å². The number of aryl methyl sites for hydroxylation is 2. The lowest BCUT2D eigenvalue weighted by Crippen LogP contribution is -2.46. The minimum absolute atomic E-state index is 0.0114. The predicted molar refractivity (Wildman–Crippen MR) is 120 cm³/mol. The summed E-state index contributed by atoms with van der Waals surface area (Å²) in [5, 5.41) is 4.17. The molecule has 2 amide bonds. The van der Waals surface area contributed by atoms with Gasteiger partial charge in [0.1, 0.15) is 0 Å². The zero-order valence-electron chi connectivity index (χ0n) is 18.9. The highest BCUT2D eigenvalue weighted by Crippen LogP contribution is 2.25. The van der Waals surface area contributed by atoms with Crippen LogP contribution < -0.4 is 0 Å². The third-order valence-electron chi connectivity index (χ3n) is 6.43. The Balaban J connectivity index is 1.43. The molecule has 2 fully saturated rings. The van der Waals surface area contributed by atoms with E-state index < -0.39 is 0 Å². The first kappa shape index (κ1) is 22.5. The molecule has 172 valence electrons. The highest BCUT2D eigenvalue weighted by Gasteiger charge is 2.34. The summed E-state index contributed by atoms with van der Waals surface area (Å²) >= 11 is 0. The molecule has 1 atom stereocenters. The van der Waals surface area contributed by atoms with E-state index in [1.807, 2.05) is 30.3 Å². The standard InChI is InChI=1S/C24H33N5O3/c1-27-14-19(13-26-27)9-10-23(30)28-15-22(32-18-20-6-5-11-25-12-20)16-29(24(31)17-28)21-7-3-2-4-8-21/h5-6,11-14,21-22H,2-4,7-10,15-18H2,1H3/t22-/m1/s1. The number of carbonyl (C=O) groups is 2. The molecule has 2 aromatic rings. The summed E-state index contributed by atoms with van der Waals surface area (Å²) in [7, 11) is 1.86. The third-order valence-corrected chi connectivity index (χ3v) is 6.43. The summed E-state index contributed by atoms with van der Waals surface area (Å²) in [5.41, 5.74) is 2.01. The van der Waals surface area contributed by atoms with E-state index >= 15 is 0 Å². The average Bonchev–Trinajstić information content (AvgIpc) is 3.16. The number of aromatic nitrogens is 3. The van der Waals surface area contributed by atoms with Gasteiger partial charge in [-0.3, -0.25) is 19.3 Å². The molecule has 2 aliphatic rings. The van der Waals surface area contributed by atoms with E-state index in [9.17, 15) is 9.59 Å². The molecule has 0 bridgehead atoms. The summed E-state index contributed by atoms with van der Waals surface area (Å²) < 4.78 is 7.96. The largest absolute Gasteiger partial charge is 0.370 e. The van der Waals surface area contributed by atoms with Gasteiger partial charge in [-0.05, 0) is 36.5 Å². The zero-order valence-corrected chi connectivity index (χ0v) is 18.9. The lowest BCUT2D eigenvalue weighted by molar-refractivity contribution is -0.140. The van der Waals surface area contributed by atoms with Gasteiger partial charge >= 0.3 is 0 Å². The monoisotopic (exact) mass is 439 g/mol. The Morgan fingerprint density at radius 3 is 2.72 bits per heavy atom. The molecular weight excluding hydrogens is 406 g/mol. The van der Waals surface area contributed by atoms with Crippen LogP contribution in [0.15, 0.2) is 36.9 Å². The number of rotatable bonds is 7. The van der Waals surface area contributed by atoms with Crippen molar-refractivity contribution in [3.05, 3.63) is 48.0 Å². The van der Waals surface area contributed by atoms with E-state index in [4.69, 9.17) is 4.74 Å². The summed E-state index contributed by atoms with van der Waals surface area (Å²) in [6, 6.07) is 4.12. The quantitative estimate of drug-likeness (QED) is 0.662. The van der Waals surface area contributed by atoms with E-state index in [0.29, 0.717) is 32.5 Å². The SMILES string of the molecule is Cn1cc(CCC(=O)N2CC(=O)N(C3CCCCC3)C[C@H](OCc3cccnc3)C2)cn1. The van der Waals surface area contributed by atoms with Crippen LogP contribution in [0.2, 0.25) is 0 Å². The molecule has 0 radical (unpaired) electrons. The molecule has 32 heavy (non-hydrogen) atoms. The van der Waals surface area contributed by atoms with Gasteiger partial charge in [-0.1, -0.05) is 25.3 Å². The van der Waals surface area contributed by atoms with Crippen molar-refractivity contribution in [3.63, 3.8) is 0 Å². The van der Waals surface area contributed by atoms with Crippen LogP contribution in [0.3, 0.4) is 0 Å². The molecule has 2 aromatic heterocycles. The van der Waals surface area contributed by atoms with Crippen LogP contribution in [0.4, 0.5) is 0 Å². The first-order valence-electron chi connectivity index (χ1n) is 11.6. The number of pyridine rings is 1. The van der Waals surface area contributed by atoms with Crippen LogP contribution in [0, 0.1) is 0 Å². The number of hydrogen-bond acceptors (Lipinski definition) is 5. The number of amides is 2. The summed E-state index contributed by atoms with van der Waals surface area (Å²) in [6.45, 7) is 1.52. The smallest absolute Gasteiger partial charge is 0.242 e. The zero-order chi connectivity index (χ0) is 22.3. The van der Waals surface area contributed by atoms with Crippen LogP contribution in [-0.4, -0.2) is 68.2 Å². The number of hydrogen-bond donors (Lipinski definition) is 0. The van der Waals surface area contributed by atoms with Gasteiger partial charge in [0.25, 0.3) is 0 Å². The first-order chi connectivity index (χ1) is 15.6. The Morgan fingerprint density at radius 1 is 1.16 bits per heavy atom. The topological polar surface area (TPSA) is 80.6 Å². The van der Waals surface area contributed by atoms with Gasteiger partial charge < -0.3 is 14.5 Å². The van der Waals surface area contributed by atoms with Crippen molar-refractivity contribution < 1.29 is 14.3 Å².